The van der Waals surface area contributed by atoms with Crippen molar-refractivity contribution in [1.82, 2.24) is 15.5 Å². The van der Waals surface area contributed by atoms with Crippen molar-refractivity contribution >= 4 is 0 Å². The number of likely N-dealkylation sites (tertiary alicyclic amines) is 1. The van der Waals surface area contributed by atoms with Crippen molar-refractivity contribution in [3.05, 3.63) is 0 Å². The van der Waals surface area contributed by atoms with Crippen LogP contribution in [0.1, 0.15) is 41.0 Å². The summed E-state index contributed by atoms with van der Waals surface area (Å²) in [6.07, 6.45) is 1.36. The van der Waals surface area contributed by atoms with Crippen LogP contribution in [0.15, 0.2) is 0 Å². The number of rotatable bonds is 6. The lowest BCUT2D eigenvalue weighted by Crippen LogP contribution is -2.41. The van der Waals surface area contributed by atoms with Gasteiger partial charge in [-0.15, -0.1) is 0 Å². The lowest BCUT2D eigenvalue weighted by atomic mass is 10.1. The highest BCUT2D eigenvalue weighted by molar-refractivity contribution is 4.79. The Kier molecular flexibility index (Phi) is 5.90. The van der Waals surface area contributed by atoms with Crippen molar-refractivity contribution in [1.29, 1.82) is 0 Å². The van der Waals surface area contributed by atoms with Gasteiger partial charge in [-0.25, -0.2) is 0 Å². The summed E-state index contributed by atoms with van der Waals surface area (Å²) in [5, 5.41) is 7.07. The third-order valence-corrected chi connectivity index (χ3v) is 3.44. The van der Waals surface area contributed by atoms with Gasteiger partial charge in [0.2, 0.25) is 0 Å². The first-order valence-corrected chi connectivity index (χ1v) is 7.08. The average molecular weight is 241 g/mol. The van der Waals surface area contributed by atoms with Crippen LogP contribution < -0.4 is 10.6 Å². The molecule has 3 heteroatoms. The molecule has 1 saturated heterocycles. The van der Waals surface area contributed by atoms with Gasteiger partial charge in [0, 0.05) is 31.2 Å². The number of nitrogens with zero attached hydrogens (tertiary/aromatic N) is 1. The molecule has 102 valence electrons. The Labute approximate surface area is 107 Å². The summed E-state index contributed by atoms with van der Waals surface area (Å²) in [4.78, 5) is 2.58. The molecule has 1 aliphatic heterocycles. The first kappa shape index (κ1) is 14.9. The van der Waals surface area contributed by atoms with E-state index in [2.05, 4.69) is 50.2 Å². The Bertz CT molecular complexity index is 208. The van der Waals surface area contributed by atoms with E-state index in [1.54, 1.807) is 0 Å². The zero-order valence-electron chi connectivity index (χ0n) is 12.3. The van der Waals surface area contributed by atoms with Crippen LogP contribution in [0.2, 0.25) is 0 Å². The zero-order chi connectivity index (χ0) is 12.9. The smallest absolute Gasteiger partial charge is 0.00970 e. The fraction of sp³-hybridized carbons (Fsp3) is 1.00. The van der Waals surface area contributed by atoms with Crippen molar-refractivity contribution in [3.8, 4) is 0 Å². The predicted molar refractivity (Wildman–Crippen MR) is 75.4 cm³/mol. The Balaban J connectivity index is 2.01. The molecule has 1 aliphatic rings. The van der Waals surface area contributed by atoms with E-state index in [-0.39, 0.29) is 5.54 Å². The normalized spacial score (nSPS) is 22.6. The Morgan fingerprint density at radius 3 is 2.47 bits per heavy atom. The first-order valence-electron chi connectivity index (χ1n) is 7.08. The minimum absolute atomic E-state index is 0.240. The molecule has 17 heavy (non-hydrogen) atoms. The van der Waals surface area contributed by atoms with Crippen molar-refractivity contribution in [2.45, 2.75) is 52.6 Å². The molecule has 0 aliphatic carbocycles. The minimum Gasteiger partial charge on any atom is -0.315 e. The van der Waals surface area contributed by atoms with Crippen molar-refractivity contribution < 1.29 is 0 Å². The van der Waals surface area contributed by atoms with E-state index in [0.717, 1.165) is 19.0 Å². The molecule has 0 aromatic heterocycles. The highest BCUT2D eigenvalue weighted by Crippen LogP contribution is 2.17. The second-order valence-electron chi connectivity index (χ2n) is 6.62. The van der Waals surface area contributed by atoms with Crippen LogP contribution in [0.3, 0.4) is 0 Å². The third-order valence-electron chi connectivity index (χ3n) is 3.44. The molecule has 3 nitrogen and oxygen atoms in total. The van der Waals surface area contributed by atoms with E-state index >= 15 is 0 Å². The maximum absolute atomic E-state index is 3.57. The van der Waals surface area contributed by atoms with Gasteiger partial charge in [0.1, 0.15) is 0 Å². The van der Waals surface area contributed by atoms with Crippen LogP contribution in [-0.4, -0.2) is 49.2 Å². The van der Waals surface area contributed by atoms with Gasteiger partial charge < -0.3 is 15.5 Å². The quantitative estimate of drug-likeness (QED) is 0.693. The number of hydrogen-bond donors (Lipinski definition) is 2. The Morgan fingerprint density at radius 1 is 1.24 bits per heavy atom. The maximum Gasteiger partial charge on any atom is 0.00970 e. The summed E-state index contributed by atoms with van der Waals surface area (Å²) >= 11 is 0. The monoisotopic (exact) mass is 241 g/mol. The van der Waals surface area contributed by atoms with E-state index in [1.807, 2.05) is 0 Å². The SMILES string of the molecule is CC(C)N1CCC(CNCCNC(C)(C)C)C1. The lowest BCUT2D eigenvalue weighted by Gasteiger charge is -2.21. The second kappa shape index (κ2) is 6.72. The Hall–Kier alpha value is -0.120. The van der Waals surface area contributed by atoms with Crippen LogP contribution in [0.5, 0.6) is 0 Å². The lowest BCUT2D eigenvalue weighted by molar-refractivity contribution is 0.264. The molecule has 2 N–H and O–H groups in total. The van der Waals surface area contributed by atoms with Gasteiger partial charge in [-0.3, -0.25) is 0 Å². The van der Waals surface area contributed by atoms with Gasteiger partial charge in [0.05, 0.1) is 0 Å². The van der Waals surface area contributed by atoms with Crippen LogP contribution in [-0.2, 0) is 0 Å². The molecule has 1 atom stereocenters. The zero-order valence-corrected chi connectivity index (χ0v) is 12.3. The molecule has 0 aromatic carbocycles. The van der Waals surface area contributed by atoms with Crippen LogP contribution >= 0.6 is 0 Å². The van der Waals surface area contributed by atoms with E-state index in [9.17, 15) is 0 Å². The van der Waals surface area contributed by atoms with Crippen molar-refractivity contribution in [3.63, 3.8) is 0 Å². The fourth-order valence-corrected chi connectivity index (χ4v) is 2.33. The standard InChI is InChI=1S/C14H31N3/c1-12(2)17-9-6-13(11-17)10-15-7-8-16-14(3,4)5/h12-13,15-16H,6-11H2,1-5H3. The van der Waals surface area contributed by atoms with Crippen molar-refractivity contribution in [2.24, 2.45) is 5.92 Å². The fourth-order valence-electron chi connectivity index (χ4n) is 2.33. The topological polar surface area (TPSA) is 27.3 Å². The molecule has 0 radical (unpaired) electrons. The summed E-state index contributed by atoms with van der Waals surface area (Å²) in [6.45, 7) is 17.1. The van der Waals surface area contributed by atoms with Gasteiger partial charge >= 0.3 is 0 Å². The van der Waals surface area contributed by atoms with E-state index < -0.39 is 0 Å². The molecular weight excluding hydrogens is 210 g/mol. The molecule has 0 saturated carbocycles. The molecule has 1 heterocycles. The summed E-state index contributed by atoms with van der Waals surface area (Å²) in [5.41, 5.74) is 0.240. The van der Waals surface area contributed by atoms with Crippen LogP contribution in [0.25, 0.3) is 0 Å². The molecule has 0 amide bonds. The molecule has 0 spiro atoms. The molecule has 1 rings (SSSR count). The highest BCUT2D eigenvalue weighted by atomic mass is 15.2. The Morgan fingerprint density at radius 2 is 1.94 bits per heavy atom. The summed E-state index contributed by atoms with van der Waals surface area (Å²) < 4.78 is 0. The number of hydrogen-bond acceptors (Lipinski definition) is 3. The van der Waals surface area contributed by atoms with E-state index in [4.69, 9.17) is 0 Å². The second-order valence-corrected chi connectivity index (χ2v) is 6.62. The number of nitrogens with one attached hydrogen (secondary N) is 2. The van der Waals surface area contributed by atoms with Gasteiger partial charge in [0.15, 0.2) is 0 Å². The summed E-state index contributed by atoms with van der Waals surface area (Å²) in [7, 11) is 0. The predicted octanol–water partition coefficient (Wildman–Crippen LogP) is 1.69. The van der Waals surface area contributed by atoms with Crippen LogP contribution in [0.4, 0.5) is 0 Å². The van der Waals surface area contributed by atoms with Crippen molar-refractivity contribution in [2.75, 3.05) is 32.7 Å². The largest absolute Gasteiger partial charge is 0.315 e. The van der Waals surface area contributed by atoms with E-state index in [1.165, 1.54) is 26.1 Å². The van der Waals surface area contributed by atoms with Gasteiger partial charge in [-0.05, 0) is 60.0 Å². The highest BCUT2D eigenvalue weighted by Gasteiger charge is 2.23. The molecule has 0 aromatic rings. The van der Waals surface area contributed by atoms with Gasteiger partial charge in [0.25, 0.3) is 0 Å². The molecular formula is C14H31N3. The summed E-state index contributed by atoms with van der Waals surface area (Å²) in [5.74, 6) is 0.854. The molecule has 0 bridgehead atoms. The molecule has 1 unspecified atom stereocenters. The maximum atomic E-state index is 3.57. The average Bonchev–Trinajstić information content (AvgIpc) is 2.64. The third kappa shape index (κ3) is 6.39. The van der Waals surface area contributed by atoms with Gasteiger partial charge in [-0.2, -0.15) is 0 Å². The first-order chi connectivity index (χ1) is 7.88. The molecule has 1 fully saturated rings. The van der Waals surface area contributed by atoms with Gasteiger partial charge in [-0.1, -0.05) is 0 Å². The van der Waals surface area contributed by atoms with E-state index in [0.29, 0.717) is 6.04 Å². The minimum atomic E-state index is 0.240. The van der Waals surface area contributed by atoms with Crippen LogP contribution in [0, 0.1) is 5.92 Å². The summed E-state index contributed by atoms with van der Waals surface area (Å²) in [6, 6.07) is 0.711.